The van der Waals surface area contributed by atoms with Crippen molar-refractivity contribution in [2.75, 3.05) is 13.7 Å². The van der Waals surface area contributed by atoms with Gasteiger partial charge in [0, 0.05) is 22.6 Å². The van der Waals surface area contributed by atoms with E-state index >= 15 is 0 Å². The molecule has 4 heteroatoms. The Balaban J connectivity index is 2.45. The van der Waals surface area contributed by atoms with Gasteiger partial charge in [-0.15, -0.1) is 0 Å². The van der Waals surface area contributed by atoms with Crippen LogP contribution in [0.25, 0.3) is 0 Å². The molecule has 1 rings (SSSR count). The van der Waals surface area contributed by atoms with Crippen LogP contribution >= 0.6 is 22.6 Å². The summed E-state index contributed by atoms with van der Waals surface area (Å²) < 4.78 is 12.5. The van der Waals surface area contributed by atoms with Crippen LogP contribution in [0.3, 0.4) is 0 Å². The number of ether oxygens (including phenoxy) is 2. The predicted octanol–water partition coefficient (Wildman–Crippen LogP) is 2.18. The second kappa shape index (κ2) is 7.12. The third kappa shape index (κ3) is 4.53. The van der Waals surface area contributed by atoms with E-state index in [1.807, 2.05) is 46.9 Å². The molecule has 84 valence electrons. The molecule has 0 saturated carbocycles. The molecule has 0 amide bonds. The monoisotopic (exact) mass is 330 g/mol. The number of carbonyl (C=O) groups is 1. The van der Waals surface area contributed by atoms with Gasteiger partial charge in [0.05, 0.1) is 13.5 Å². The summed E-state index contributed by atoms with van der Waals surface area (Å²) in [6.07, 6.45) is 0.257. The standard InChI is InChI=1S/C12H11IO3/c1-15-11-5-3-10(4-6-11)9-12(14)16-8-2-7-13/h3-6H,8-9H2,1H3. The average Bonchev–Trinajstić information content (AvgIpc) is 2.30. The van der Waals surface area contributed by atoms with Gasteiger partial charge in [0.15, 0.2) is 6.61 Å². The van der Waals surface area contributed by atoms with E-state index in [1.165, 1.54) is 0 Å². The van der Waals surface area contributed by atoms with Crippen LogP contribution in [-0.4, -0.2) is 19.7 Å². The molecule has 0 N–H and O–H groups in total. The summed E-state index contributed by atoms with van der Waals surface area (Å²) in [7, 11) is 1.60. The number of halogens is 1. The van der Waals surface area contributed by atoms with Crippen molar-refractivity contribution in [3.05, 3.63) is 29.8 Å². The first kappa shape index (κ1) is 12.8. The van der Waals surface area contributed by atoms with E-state index in [0.717, 1.165) is 11.3 Å². The molecular weight excluding hydrogens is 319 g/mol. The van der Waals surface area contributed by atoms with E-state index in [9.17, 15) is 4.79 Å². The van der Waals surface area contributed by atoms with Crippen LogP contribution in [-0.2, 0) is 16.0 Å². The minimum atomic E-state index is -0.274. The normalized spacial score (nSPS) is 8.88. The highest BCUT2D eigenvalue weighted by atomic mass is 127. The Morgan fingerprint density at radius 3 is 2.62 bits per heavy atom. The summed E-state index contributed by atoms with van der Waals surface area (Å²) in [6, 6.07) is 7.30. The summed E-state index contributed by atoms with van der Waals surface area (Å²) in [5, 5.41) is 0. The molecule has 0 atom stereocenters. The molecule has 0 aliphatic heterocycles. The van der Waals surface area contributed by atoms with Crippen LogP contribution < -0.4 is 4.74 Å². The van der Waals surface area contributed by atoms with E-state index in [1.54, 1.807) is 7.11 Å². The molecule has 0 aliphatic rings. The molecule has 0 heterocycles. The molecule has 3 nitrogen and oxygen atoms in total. The number of carbonyl (C=O) groups excluding carboxylic acids is 1. The number of hydrogen-bond acceptors (Lipinski definition) is 3. The van der Waals surface area contributed by atoms with Gasteiger partial charge in [-0.3, -0.25) is 4.79 Å². The van der Waals surface area contributed by atoms with Gasteiger partial charge < -0.3 is 9.47 Å². The molecule has 0 aliphatic carbocycles. The lowest BCUT2D eigenvalue weighted by Crippen LogP contribution is -2.07. The van der Waals surface area contributed by atoms with Crippen LogP contribution in [0.2, 0.25) is 0 Å². The van der Waals surface area contributed by atoms with E-state index in [2.05, 4.69) is 9.85 Å². The minimum Gasteiger partial charge on any atom is -0.497 e. The third-order valence-corrected chi connectivity index (χ3v) is 2.26. The Labute approximate surface area is 108 Å². The summed E-state index contributed by atoms with van der Waals surface area (Å²) >= 11 is 1.90. The van der Waals surface area contributed by atoms with Crippen LogP contribution in [0.15, 0.2) is 24.3 Å². The lowest BCUT2D eigenvalue weighted by molar-refractivity contribution is -0.141. The number of rotatable bonds is 4. The fraction of sp³-hybridized carbons (Fsp3) is 0.250. The molecule has 0 radical (unpaired) electrons. The highest BCUT2D eigenvalue weighted by molar-refractivity contribution is 14.1. The van der Waals surface area contributed by atoms with Gasteiger partial charge in [-0.1, -0.05) is 18.1 Å². The van der Waals surface area contributed by atoms with Crippen molar-refractivity contribution in [2.24, 2.45) is 0 Å². The third-order valence-electron chi connectivity index (χ3n) is 1.88. The summed E-state index contributed by atoms with van der Waals surface area (Å²) in [5.41, 5.74) is 0.897. The van der Waals surface area contributed by atoms with Crippen molar-refractivity contribution >= 4 is 28.6 Å². The van der Waals surface area contributed by atoms with Crippen LogP contribution in [0, 0.1) is 9.85 Å². The lowest BCUT2D eigenvalue weighted by Gasteiger charge is -2.03. The molecule has 0 saturated heterocycles. The zero-order valence-electron chi connectivity index (χ0n) is 8.83. The quantitative estimate of drug-likeness (QED) is 0.482. The van der Waals surface area contributed by atoms with Crippen LogP contribution in [0.1, 0.15) is 5.56 Å². The molecular formula is C12H11IO3. The number of hydrogen-bond donors (Lipinski definition) is 0. The molecule has 16 heavy (non-hydrogen) atoms. The molecule has 1 aromatic carbocycles. The van der Waals surface area contributed by atoms with Gasteiger partial charge in [-0.05, 0) is 21.6 Å². The molecule has 0 spiro atoms. The summed E-state index contributed by atoms with van der Waals surface area (Å²) in [5.74, 6) is 3.15. The maximum atomic E-state index is 11.3. The zero-order chi connectivity index (χ0) is 11.8. The highest BCUT2D eigenvalue weighted by Crippen LogP contribution is 2.11. The number of benzene rings is 1. The van der Waals surface area contributed by atoms with Gasteiger partial charge in [0.2, 0.25) is 0 Å². The highest BCUT2D eigenvalue weighted by Gasteiger charge is 2.03. The Hall–Kier alpha value is -1.22. The van der Waals surface area contributed by atoms with E-state index in [0.29, 0.717) is 0 Å². The summed E-state index contributed by atoms with van der Waals surface area (Å²) in [6.45, 7) is 0.151. The predicted molar refractivity (Wildman–Crippen MR) is 69.5 cm³/mol. The van der Waals surface area contributed by atoms with E-state index in [4.69, 9.17) is 9.47 Å². The number of methoxy groups -OCH3 is 1. The topological polar surface area (TPSA) is 35.5 Å². The van der Waals surface area contributed by atoms with Crippen molar-refractivity contribution in [2.45, 2.75) is 6.42 Å². The molecule has 0 unspecified atom stereocenters. The van der Waals surface area contributed by atoms with Gasteiger partial charge >= 0.3 is 5.97 Å². The largest absolute Gasteiger partial charge is 0.497 e. The fourth-order valence-electron chi connectivity index (χ4n) is 1.10. The Morgan fingerprint density at radius 2 is 2.06 bits per heavy atom. The van der Waals surface area contributed by atoms with Gasteiger partial charge in [-0.2, -0.15) is 0 Å². The van der Waals surface area contributed by atoms with Crippen molar-refractivity contribution in [1.82, 2.24) is 0 Å². The van der Waals surface area contributed by atoms with Crippen molar-refractivity contribution in [3.8, 4) is 15.6 Å². The molecule has 0 fully saturated rings. The molecule has 0 bridgehead atoms. The smallest absolute Gasteiger partial charge is 0.311 e. The first-order chi connectivity index (χ1) is 7.76. The Morgan fingerprint density at radius 1 is 1.38 bits per heavy atom. The minimum absolute atomic E-state index is 0.151. The fourth-order valence-corrected chi connectivity index (χ4v) is 1.26. The summed E-state index contributed by atoms with van der Waals surface area (Å²) in [4.78, 5) is 11.3. The average molecular weight is 330 g/mol. The maximum absolute atomic E-state index is 11.3. The van der Waals surface area contributed by atoms with E-state index < -0.39 is 0 Å². The SMILES string of the molecule is COc1ccc(CC(=O)OCC#CI)cc1. The van der Waals surface area contributed by atoms with Crippen molar-refractivity contribution < 1.29 is 14.3 Å². The van der Waals surface area contributed by atoms with Gasteiger partial charge in [-0.25, -0.2) is 0 Å². The second-order valence-corrected chi connectivity index (χ2v) is 3.50. The maximum Gasteiger partial charge on any atom is 0.311 e. The van der Waals surface area contributed by atoms with Crippen LogP contribution in [0.5, 0.6) is 5.75 Å². The van der Waals surface area contributed by atoms with E-state index in [-0.39, 0.29) is 19.0 Å². The second-order valence-electron chi connectivity index (χ2n) is 2.96. The van der Waals surface area contributed by atoms with Crippen LogP contribution in [0.4, 0.5) is 0 Å². The molecule has 0 aromatic heterocycles. The Bertz CT molecular complexity index is 401. The lowest BCUT2D eigenvalue weighted by atomic mass is 10.1. The van der Waals surface area contributed by atoms with Crippen molar-refractivity contribution in [1.29, 1.82) is 0 Å². The molecule has 1 aromatic rings. The first-order valence-corrected chi connectivity index (χ1v) is 5.71. The zero-order valence-corrected chi connectivity index (χ0v) is 11.0. The van der Waals surface area contributed by atoms with Crippen molar-refractivity contribution in [3.63, 3.8) is 0 Å². The number of esters is 1. The van der Waals surface area contributed by atoms with Gasteiger partial charge in [0.1, 0.15) is 5.75 Å². The van der Waals surface area contributed by atoms with Gasteiger partial charge in [0.25, 0.3) is 0 Å². The Kier molecular flexibility index (Phi) is 5.72. The first-order valence-electron chi connectivity index (χ1n) is 4.63.